The second-order valence-electron chi connectivity index (χ2n) is 3.99. The molecule has 1 atom stereocenters. The van der Waals surface area contributed by atoms with Gasteiger partial charge in [0, 0.05) is 12.5 Å². The Morgan fingerprint density at radius 3 is 2.71 bits per heavy atom. The number of nitrogens with one attached hydrogen (secondary N) is 2. The molecular weight excluding hydrogens is 184 g/mol. The SMILES string of the molecule is O=C1CC[C@H](C(=O)NC2CC(O)C2)N1. The molecule has 1 aliphatic carbocycles. The van der Waals surface area contributed by atoms with Crippen LogP contribution in [-0.4, -0.2) is 35.1 Å². The third-order valence-electron chi connectivity index (χ3n) is 2.77. The van der Waals surface area contributed by atoms with Crippen molar-refractivity contribution in [2.45, 2.75) is 43.9 Å². The average molecular weight is 198 g/mol. The van der Waals surface area contributed by atoms with Gasteiger partial charge in [-0.05, 0) is 19.3 Å². The van der Waals surface area contributed by atoms with Crippen LogP contribution < -0.4 is 10.6 Å². The van der Waals surface area contributed by atoms with E-state index in [1.165, 1.54) is 0 Å². The molecule has 1 heterocycles. The van der Waals surface area contributed by atoms with Crippen LogP contribution in [0.25, 0.3) is 0 Å². The lowest BCUT2D eigenvalue weighted by atomic mass is 9.89. The minimum absolute atomic E-state index is 0.0567. The predicted octanol–water partition coefficient (Wildman–Crippen LogP) is -1.10. The lowest BCUT2D eigenvalue weighted by Crippen LogP contribution is -2.51. The Labute approximate surface area is 81.9 Å². The Kier molecular flexibility index (Phi) is 2.41. The van der Waals surface area contributed by atoms with Crippen molar-refractivity contribution in [1.29, 1.82) is 0 Å². The molecule has 2 rings (SSSR count). The minimum atomic E-state index is -0.361. The monoisotopic (exact) mass is 198 g/mol. The van der Waals surface area contributed by atoms with E-state index < -0.39 is 0 Å². The quantitative estimate of drug-likeness (QED) is 0.527. The fourth-order valence-electron chi connectivity index (χ4n) is 1.82. The zero-order chi connectivity index (χ0) is 10.1. The first-order valence-corrected chi connectivity index (χ1v) is 4.93. The number of carbonyl (C=O) groups is 2. The first-order chi connectivity index (χ1) is 6.65. The van der Waals surface area contributed by atoms with Crippen LogP contribution in [0.5, 0.6) is 0 Å². The summed E-state index contributed by atoms with van der Waals surface area (Å²) in [5, 5.41) is 14.4. The van der Waals surface area contributed by atoms with E-state index in [1.807, 2.05) is 0 Å². The predicted molar refractivity (Wildman–Crippen MR) is 48.3 cm³/mol. The molecular formula is C9H14N2O3. The van der Waals surface area contributed by atoms with E-state index in [0.29, 0.717) is 25.7 Å². The third kappa shape index (κ3) is 1.87. The molecule has 2 aliphatic rings. The van der Waals surface area contributed by atoms with Crippen LogP contribution in [-0.2, 0) is 9.59 Å². The van der Waals surface area contributed by atoms with Crippen LogP contribution in [0.2, 0.25) is 0 Å². The maximum Gasteiger partial charge on any atom is 0.242 e. The van der Waals surface area contributed by atoms with E-state index in [-0.39, 0.29) is 30.0 Å². The second kappa shape index (κ2) is 3.57. The summed E-state index contributed by atoms with van der Waals surface area (Å²) in [5.41, 5.74) is 0. The Hall–Kier alpha value is -1.10. The van der Waals surface area contributed by atoms with Crippen LogP contribution in [0.3, 0.4) is 0 Å². The first kappa shape index (κ1) is 9.45. The molecule has 14 heavy (non-hydrogen) atoms. The summed E-state index contributed by atoms with van der Waals surface area (Å²) < 4.78 is 0. The third-order valence-corrected chi connectivity index (χ3v) is 2.77. The molecule has 1 saturated heterocycles. The van der Waals surface area contributed by atoms with Crippen LogP contribution in [0, 0.1) is 0 Å². The van der Waals surface area contributed by atoms with E-state index in [9.17, 15) is 9.59 Å². The van der Waals surface area contributed by atoms with Crippen LogP contribution in [0.4, 0.5) is 0 Å². The summed E-state index contributed by atoms with van der Waals surface area (Å²) in [5.74, 6) is -0.174. The average Bonchev–Trinajstić information content (AvgIpc) is 2.49. The lowest BCUT2D eigenvalue weighted by Gasteiger charge is -2.32. The van der Waals surface area contributed by atoms with Crippen molar-refractivity contribution < 1.29 is 14.7 Å². The molecule has 0 radical (unpaired) electrons. The van der Waals surface area contributed by atoms with Gasteiger partial charge in [0.2, 0.25) is 11.8 Å². The Balaban J connectivity index is 1.76. The van der Waals surface area contributed by atoms with Gasteiger partial charge in [0.1, 0.15) is 6.04 Å². The number of hydrogen-bond acceptors (Lipinski definition) is 3. The highest BCUT2D eigenvalue weighted by Gasteiger charge is 2.32. The summed E-state index contributed by atoms with van der Waals surface area (Å²) in [6.45, 7) is 0. The molecule has 2 fully saturated rings. The van der Waals surface area contributed by atoms with E-state index in [4.69, 9.17) is 5.11 Å². The van der Waals surface area contributed by atoms with E-state index >= 15 is 0 Å². The lowest BCUT2D eigenvalue weighted by molar-refractivity contribution is -0.127. The summed E-state index contributed by atoms with van der Waals surface area (Å²) >= 11 is 0. The molecule has 0 bridgehead atoms. The smallest absolute Gasteiger partial charge is 0.242 e. The van der Waals surface area contributed by atoms with Gasteiger partial charge in [-0.15, -0.1) is 0 Å². The van der Waals surface area contributed by atoms with Gasteiger partial charge in [-0.2, -0.15) is 0 Å². The highest BCUT2D eigenvalue weighted by Crippen LogP contribution is 2.19. The molecule has 0 aromatic heterocycles. The Morgan fingerprint density at radius 1 is 1.50 bits per heavy atom. The van der Waals surface area contributed by atoms with Crippen molar-refractivity contribution in [2.24, 2.45) is 0 Å². The highest BCUT2D eigenvalue weighted by atomic mass is 16.3. The zero-order valence-corrected chi connectivity index (χ0v) is 7.82. The van der Waals surface area contributed by atoms with Crippen LogP contribution in [0.1, 0.15) is 25.7 Å². The number of aliphatic hydroxyl groups excluding tert-OH is 1. The van der Waals surface area contributed by atoms with Gasteiger partial charge in [-0.3, -0.25) is 9.59 Å². The minimum Gasteiger partial charge on any atom is -0.393 e. The van der Waals surface area contributed by atoms with Crippen molar-refractivity contribution in [3.8, 4) is 0 Å². The first-order valence-electron chi connectivity index (χ1n) is 4.93. The molecule has 1 aliphatic heterocycles. The van der Waals surface area contributed by atoms with Crippen molar-refractivity contribution in [1.82, 2.24) is 10.6 Å². The summed E-state index contributed by atoms with van der Waals surface area (Å²) in [4.78, 5) is 22.3. The molecule has 2 amide bonds. The fraction of sp³-hybridized carbons (Fsp3) is 0.778. The van der Waals surface area contributed by atoms with E-state index in [1.54, 1.807) is 0 Å². The van der Waals surface area contributed by atoms with Gasteiger partial charge in [0.05, 0.1) is 6.10 Å². The maximum atomic E-state index is 11.5. The van der Waals surface area contributed by atoms with Crippen molar-refractivity contribution >= 4 is 11.8 Å². The normalized spacial score (nSPS) is 36.1. The van der Waals surface area contributed by atoms with Crippen molar-refractivity contribution in [3.05, 3.63) is 0 Å². The molecule has 3 N–H and O–H groups in total. The zero-order valence-electron chi connectivity index (χ0n) is 7.82. The molecule has 0 aromatic rings. The molecule has 0 unspecified atom stereocenters. The van der Waals surface area contributed by atoms with E-state index in [2.05, 4.69) is 10.6 Å². The summed E-state index contributed by atoms with van der Waals surface area (Å²) in [7, 11) is 0. The topological polar surface area (TPSA) is 78.4 Å². The Bertz CT molecular complexity index is 261. The molecule has 0 aromatic carbocycles. The van der Waals surface area contributed by atoms with Crippen LogP contribution in [0.15, 0.2) is 0 Å². The molecule has 0 spiro atoms. The van der Waals surface area contributed by atoms with Gasteiger partial charge in [0.15, 0.2) is 0 Å². The summed E-state index contributed by atoms with van der Waals surface area (Å²) in [6, 6.07) is -0.268. The van der Waals surface area contributed by atoms with Gasteiger partial charge in [0.25, 0.3) is 0 Å². The molecule has 5 nitrogen and oxygen atoms in total. The number of amides is 2. The highest BCUT2D eigenvalue weighted by molar-refractivity contribution is 5.90. The number of aliphatic hydroxyl groups is 1. The van der Waals surface area contributed by atoms with Crippen molar-refractivity contribution in [2.75, 3.05) is 0 Å². The number of hydrogen-bond donors (Lipinski definition) is 3. The second-order valence-corrected chi connectivity index (χ2v) is 3.99. The van der Waals surface area contributed by atoms with Gasteiger partial charge in [-0.1, -0.05) is 0 Å². The number of carbonyl (C=O) groups excluding carboxylic acids is 2. The maximum absolute atomic E-state index is 11.5. The van der Waals surface area contributed by atoms with E-state index in [0.717, 1.165) is 0 Å². The Morgan fingerprint density at radius 2 is 2.21 bits per heavy atom. The van der Waals surface area contributed by atoms with Crippen LogP contribution >= 0.6 is 0 Å². The van der Waals surface area contributed by atoms with Gasteiger partial charge in [-0.25, -0.2) is 0 Å². The molecule has 78 valence electrons. The standard InChI is InChI=1S/C9H14N2O3/c12-6-3-5(4-6)10-9(14)7-1-2-8(13)11-7/h5-7,12H,1-4H2,(H,10,14)(H,11,13)/t5?,6?,7-/m1/s1. The summed E-state index contributed by atoms with van der Waals surface area (Å²) in [6.07, 6.45) is 2.02. The number of rotatable bonds is 2. The van der Waals surface area contributed by atoms with Crippen molar-refractivity contribution in [3.63, 3.8) is 0 Å². The fourth-order valence-corrected chi connectivity index (χ4v) is 1.82. The molecule has 5 heteroatoms. The van der Waals surface area contributed by atoms with Gasteiger partial charge < -0.3 is 15.7 Å². The largest absolute Gasteiger partial charge is 0.393 e. The van der Waals surface area contributed by atoms with Gasteiger partial charge >= 0.3 is 0 Å². The molecule has 1 saturated carbocycles.